The van der Waals surface area contributed by atoms with Crippen LogP contribution in [0.2, 0.25) is 0 Å². The Labute approximate surface area is 345 Å². The molecule has 0 saturated carbocycles. The Morgan fingerprint density at radius 3 is 1.36 bits per heavy atom. The molecule has 59 heavy (non-hydrogen) atoms. The predicted octanol–water partition coefficient (Wildman–Crippen LogP) is 13.3. The quantitative estimate of drug-likeness (QED) is 0.169. The minimum atomic E-state index is -0.589. The molecule has 1 aromatic heterocycles. The molecule has 1 aliphatic carbocycles. The average Bonchev–Trinajstić information content (AvgIpc) is 3.54. The minimum absolute atomic E-state index is 0.0801. The molecule has 0 bridgehead atoms. The third-order valence-electron chi connectivity index (χ3n) is 12.4. The van der Waals surface area contributed by atoms with Crippen LogP contribution in [0.3, 0.4) is 0 Å². The van der Waals surface area contributed by atoms with E-state index in [0.29, 0.717) is 17.5 Å². The molecule has 2 aliphatic rings. The highest BCUT2D eigenvalue weighted by molar-refractivity contribution is 5.91. The fourth-order valence-corrected chi connectivity index (χ4v) is 9.65. The van der Waals surface area contributed by atoms with E-state index in [1.54, 1.807) is 0 Å². The van der Waals surface area contributed by atoms with Crippen LogP contribution >= 0.6 is 0 Å². The van der Waals surface area contributed by atoms with E-state index in [-0.39, 0.29) is 5.41 Å². The van der Waals surface area contributed by atoms with Crippen LogP contribution in [0.25, 0.3) is 45.3 Å². The number of fused-ring (bicyclic) bond motifs is 5. The highest BCUT2D eigenvalue weighted by Gasteiger charge is 2.47. The summed E-state index contributed by atoms with van der Waals surface area (Å²) in [4.78, 5) is 17.4. The first-order chi connectivity index (χ1) is 29.0. The van der Waals surface area contributed by atoms with E-state index in [1.165, 1.54) is 44.5 Å². The number of nitrogens with zero attached hydrogens (tertiary/aromatic N) is 4. The van der Waals surface area contributed by atoms with Crippen molar-refractivity contribution < 1.29 is 0 Å². The lowest BCUT2D eigenvalue weighted by atomic mass is 9.62. The van der Waals surface area contributed by atoms with E-state index in [2.05, 4.69) is 164 Å². The normalized spacial score (nSPS) is 14.2. The molecule has 4 heteroatoms. The molecular weight excluding hydrogens is 717 g/mol. The molecule has 280 valence electrons. The SMILES string of the molecule is CC1(C)c2ccccc2-c2cc(C3(c4ccccc4)c4ccccc4N(c4ccc(-c5nc(-c6ccccc6)nc(-c6ccccc6)n5)cc4)c4ccccc43)ccc21. The molecule has 1 aliphatic heterocycles. The van der Waals surface area contributed by atoms with Gasteiger partial charge >= 0.3 is 0 Å². The van der Waals surface area contributed by atoms with Crippen LogP contribution in [0, 0.1) is 0 Å². The summed E-state index contributed by atoms with van der Waals surface area (Å²) in [7, 11) is 0. The fourth-order valence-electron chi connectivity index (χ4n) is 9.65. The molecule has 0 fully saturated rings. The van der Waals surface area contributed by atoms with Crippen LogP contribution in [0.4, 0.5) is 17.1 Å². The summed E-state index contributed by atoms with van der Waals surface area (Å²) in [6.07, 6.45) is 0. The standard InChI is InChI=1S/C55H40N4/c1-54(2)45-25-13-12-24-43(45)44-36-41(32-35-46(44)54)55(40-22-10-5-11-23-40)47-26-14-16-28-49(47)59(50-29-17-15-27-48(50)55)42-33-30-39(31-34-42)53-57-51(37-18-6-3-7-19-37)56-52(58-53)38-20-8-4-9-21-38/h3-36H,1-2H3. The van der Waals surface area contributed by atoms with E-state index in [4.69, 9.17) is 15.0 Å². The molecule has 4 nitrogen and oxygen atoms in total. The van der Waals surface area contributed by atoms with Gasteiger partial charge in [0.2, 0.25) is 0 Å². The number of hydrogen-bond acceptors (Lipinski definition) is 4. The van der Waals surface area contributed by atoms with Gasteiger partial charge in [-0.1, -0.05) is 178 Å². The summed E-state index contributed by atoms with van der Waals surface area (Å²) in [5.41, 5.74) is 15.8. The maximum Gasteiger partial charge on any atom is 0.164 e. The third-order valence-corrected chi connectivity index (χ3v) is 12.4. The van der Waals surface area contributed by atoms with Crippen molar-refractivity contribution in [2.24, 2.45) is 0 Å². The van der Waals surface area contributed by atoms with Gasteiger partial charge in [0.25, 0.3) is 0 Å². The number of hydrogen-bond donors (Lipinski definition) is 0. The molecule has 2 heterocycles. The van der Waals surface area contributed by atoms with Crippen LogP contribution < -0.4 is 4.90 Å². The van der Waals surface area contributed by atoms with Crippen molar-refractivity contribution in [2.75, 3.05) is 4.90 Å². The monoisotopic (exact) mass is 756 g/mol. The lowest BCUT2D eigenvalue weighted by molar-refractivity contribution is 0.658. The molecule has 0 atom stereocenters. The maximum absolute atomic E-state index is 5.01. The molecule has 0 spiro atoms. The second kappa shape index (κ2) is 13.6. The van der Waals surface area contributed by atoms with Crippen LogP contribution in [-0.4, -0.2) is 15.0 Å². The zero-order valence-electron chi connectivity index (χ0n) is 32.9. The first kappa shape index (κ1) is 34.8. The van der Waals surface area contributed by atoms with E-state index in [9.17, 15) is 0 Å². The van der Waals surface area contributed by atoms with Crippen molar-refractivity contribution in [2.45, 2.75) is 24.7 Å². The molecular formula is C55H40N4. The summed E-state index contributed by atoms with van der Waals surface area (Å²) in [6, 6.07) is 74.0. The topological polar surface area (TPSA) is 41.9 Å². The van der Waals surface area contributed by atoms with Crippen LogP contribution in [0.15, 0.2) is 206 Å². The summed E-state index contributed by atoms with van der Waals surface area (Å²) < 4.78 is 0. The Morgan fingerprint density at radius 1 is 0.356 bits per heavy atom. The second-order valence-electron chi connectivity index (χ2n) is 16.0. The summed E-state index contributed by atoms with van der Waals surface area (Å²) >= 11 is 0. The van der Waals surface area contributed by atoms with Crippen molar-refractivity contribution in [1.82, 2.24) is 15.0 Å². The van der Waals surface area contributed by atoms with E-state index < -0.39 is 5.41 Å². The highest BCUT2D eigenvalue weighted by atomic mass is 15.2. The first-order valence-corrected chi connectivity index (χ1v) is 20.3. The zero-order chi connectivity index (χ0) is 39.6. The Bertz CT molecular complexity index is 2910. The fraction of sp³-hybridized carbons (Fsp3) is 0.0727. The smallest absolute Gasteiger partial charge is 0.164 e. The number of rotatable bonds is 6. The largest absolute Gasteiger partial charge is 0.310 e. The van der Waals surface area contributed by atoms with Gasteiger partial charge in [0, 0.05) is 27.8 Å². The molecule has 0 N–H and O–H groups in total. The molecule has 11 rings (SSSR count). The van der Waals surface area contributed by atoms with Gasteiger partial charge in [-0.3, -0.25) is 0 Å². The van der Waals surface area contributed by atoms with Crippen molar-refractivity contribution in [1.29, 1.82) is 0 Å². The predicted molar refractivity (Wildman–Crippen MR) is 240 cm³/mol. The summed E-state index contributed by atoms with van der Waals surface area (Å²) in [6.45, 7) is 4.70. The maximum atomic E-state index is 5.01. The number of para-hydroxylation sites is 2. The molecule has 0 saturated heterocycles. The lowest BCUT2D eigenvalue weighted by Crippen LogP contribution is -2.37. The lowest BCUT2D eigenvalue weighted by Gasteiger charge is -2.46. The van der Waals surface area contributed by atoms with Crippen molar-refractivity contribution in [3.63, 3.8) is 0 Å². The highest BCUT2D eigenvalue weighted by Crippen LogP contribution is 2.59. The van der Waals surface area contributed by atoms with E-state index >= 15 is 0 Å². The van der Waals surface area contributed by atoms with Crippen molar-refractivity contribution >= 4 is 17.1 Å². The van der Waals surface area contributed by atoms with Gasteiger partial charge in [0.05, 0.1) is 16.8 Å². The second-order valence-corrected chi connectivity index (χ2v) is 16.0. The third kappa shape index (κ3) is 5.40. The number of aromatic nitrogens is 3. The van der Waals surface area contributed by atoms with Gasteiger partial charge in [-0.2, -0.15) is 0 Å². The number of anilines is 3. The average molecular weight is 757 g/mol. The van der Waals surface area contributed by atoms with Crippen LogP contribution in [-0.2, 0) is 10.8 Å². The van der Waals surface area contributed by atoms with Crippen LogP contribution in [0.5, 0.6) is 0 Å². The molecule has 8 aromatic carbocycles. The Kier molecular flexibility index (Phi) is 8.02. The Morgan fingerprint density at radius 2 is 0.797 bits per heavy atom. The zero-order valence-corrected chi connectivity index (χ0v) is 32.9. The molecule has 0 unspecified atom stereocenters. The van der Waals surface area contributed by atoms with Gasteiger partial charge in [0.15, 0.2) is 17.5 Å². The van der Waals surface area contributed by atoms with Crippen LogP contribution in [0.1, 0.15) is 47.2 Å². The Hall–Kier alpha value is -7.43. The first-order valence-electron chi connectivity index (χ1n) is 20.3. The summed E-state index contributed by atoms with van der Waals surface area (Å²) in [5, 5.41) is 0. The van der Waals surface area contributed by atoms with E-state index in [1.807, 2.05) is 60.7 Å². The minimum Gasteiger partial charge on any atom is -0.310 e. The van der Waals surface area contributed by atoms with Crippen molar-refractivity contribution in [3.8, 4) is 45.3 Å². The van der Waals surface area contributed by atoms with Gasteiger partial charge in [-0.15, -0.1) is 0 Å². The van der Waals surface area contributed by atoms with Gasteiger partial charge in [-0.05, 0) is 87.0 Å². The van der Waals surface area contributed by atoms with Gasteiger partial charge in [-0.25, -0.2) is 15.0 Å². The van der Waals surface area contributed by atoms with Gasteiger partial charge in [0.1, 0.15) is 0 Å². The van der Waals surface area contributed by atoms with Crippen molar-refractivity contribution in [3.05, 3.63) is 240 Å². The summed E-state index contributed by atoms with van der Waals surface area (Å²) in [5.74, 6) is 1.93. The molecule has 9 aromatic rings. The van der Waals surface area contributed by atoms with E-state index in [0.717, 1.165) is 33.8 Å². The molecule has 0 radical (unpaired) electrons. The molecule has 0 amide bonds. The number of benzene rings is 8. The Balaban J connectivity index is 1.08. The van der Waals surface area contributed by atoms with Gasteiger partial charge < -0.3 is 4.90 Å².